The van der Waals surface area contributed by atoms with Crippen molar-refractivity contribution in [2.75, 3.05) is 13.2 Å². The van der Waals surface area contributed by atoms with Gasteiger partial charge in [-0.2, -0.15) is 0 Å². The maximum atomic E-state index is 9.14. The predicted molar refractivity (Wildman–Crippen MR) is 87.2 cm³/mol. The van der Waals surface area contributed by atoms with Crippen LogP contribution in [0.5, 0.6) is 0 Å². The van der Waals surface area contributed by atoms with Crippen LogP contribution >= 0.6 is 11.6 Å². The second-order valence-electron chi connectivity index (χ2n) is 5.47. The van der Waals surface area contributed by atoms with Gasteiger partial charge in [-0.1, -0.05) is 50.4 Å². The molecule has 0 aromatic heterocycles. The highest BCUT2D eigenvalue weighted by molar-refractivity contribution is 6.30. The monoisotopic (exact) mass is 297 g/mol. The van der Waals surface area contributed by atoms with Crippen LogP contribution in [0.4, 0.5) is 0 Å². The van der Waals surface area contributed by atoms with Gasteiger partial charge in [-0.25, -0.2) is 0 Å². The van der Waals surface area contributed by atoms with E-state index in [1.54, 1.807) is 0 Å². The van der Waals surface area contributed by atoms with Gasteiger partial charge in [0.15, 0.2) is 0 Å². The van der Waals surface area contributed by atoms with E-state index in [-0.39, 0.29) is 6.61 Å². The van der Waals surface area contributed by atoms with Gasteiger partial charge in [-0.15, -0.1) is 0 Å². The summed E-state index contributed by atoms with van der Waals surface area (Å²) < 4.78 is 0. The van der Waals surface area contributed by atoms with Gasteiger partial charge in [-0.05, 0) is 49.4 Å². The molecule has 0 bridgehead atoms. The van der Waals surface area contributed by atoms with E-state index in [9.17, 15) is 0 Å². The lowest BCUT2D eigenvalue weighted by molar-refractivity contribution is 0.244. The van der Waals surface area contributed by atoms with Crippen molar-refractivity contribution in [2.45, 2.75) is 52.0 Å². The van der Waals surface area contributed by atoms with Gasteiger partial charge in [0.25, 0.3) is 0 Å². The molecule has 2 nitrogen and oxygen atoms in total. The molecule has 0 heterocycles. The molecule has 1 aromatic carbocycles. The molecule has 0 aliphatic rings. The van der Waals surface area contributed by atoms with E-state index in [0.29, 0.717) is 12.0 Å². The van der Waals surface area contributed by atoms with E-state index in [0.717, 1.165) is 30.8 Å². The van der Waals surface area contributed by atoms with Gasteiger partial charge in [0.1, 0.15) is 0 Å². The summed E-state index contributed by atoms with van der Waals surface area (Å²) in [5, 5.41) is 13.6. The molecule has 3 heteroatoms. The molecule has 0 radical (unpaired) electrons. The first kappa shape index (κ1) is 17.5. The van der Waals surface area contributed by atoms with E-state index >= 15 is 0 Å². The van der Waals surface area contributed by atoms with Crippen LogP contribution in [-0.2, 0) is 0 Å². The van der Waals surface area contributed by atoms with E-state index in [4.69, 9.17) is 16.7 Å². The van der Waals surface area contributed by atoms with Crippen molar-refractivity contribution in [1.29, 1.82) is 0 Å². The molecular formula is C17H28ClNO. The Bertz CT molecular complexity index is 347. The summed E-state index contributed by atoms with van der Waals surface area (Å²) in [5.41, 5.74) is 1.30. The molecule has 0 amide bonds. The first-order chi connectivity index (χ1) is 9.71. The van der Waals surface area contributed by atoms with Crippen molar-refractivity contribution >= 4 is 11.6 Å². The molecule has 0 fully saturated rings. The zero-order valence-electron chi connectivity index (χ0n) is 12.7. The van der Waals surface area contributed by atoms with Crippen molar-refractivity contribution in [3.63, 3.8) is 0 Å². The van der Waals surface area contributed by atoms with Gasteiger partial charge >= 0.3 is 0 Å². The number of hydrogen-bond donors (Lipinski definition) is 2. The number of aliphatic hydroxyl groups excluding tert-OH is 1. The van der Waals surface area contributed by atoms with Crippen molar-refractivity contribution in [3.8, 4) is 0 Å². The Labute approximate surface area is 128 Å². The van der Waals surface area contributed by atoms with E-state index in [1.807, 2.05) is 12.1 Å². The summed E-state index contributed by atoms with van der Waals surface area (Å²) in [5.74, 6) is 0.566. The van der Waals surface area contributed by atoms with Crippen molar-refractivity contribution in [2.24, 2.45) is 5.92 Å². The van der Waals surface area contributed by atoms with Crippen molar-refractivity contribution in [1.82, 2.24) is 5.32 Å². The largest absolute Gasteiger partial charge is 0.396 e. The summed E-state index contributed by atoms with van der Waals surface area (Å²) >= 11 is 5.96. The van der Waals surface area contributed by atoms with Crippen LogP contribution in [0.15, 0.2) is 24.3 Å². The fraction of sp³-hybridized carbons (Fsp3) is 0.647. The first-order valence-electron chi connectivity index (χ1n) is 7.80. The molecule has 0 aliphatic heterocycles. The fourth-order valence-electron chi connectivity index (χ4n) is 2.62. The SMILES string of the molecule is CCCC(CCO)CNC(CCC)c1ccc(Cl)cc1. The van der Waals surface area contributed by atoms with E-state index in [1.165, 1.54) is 18.4 Å². The lowest BCUT2D eigenvalue weighted by atomic mass is 9.97. The predicted octanol–water partition coefficient (Wildman–Crippen LogP) is 4.57. The van der Waals surface area contributed by atoms with Gasteiger partial charge < -0.3 is 10.4 Å². The maximum Gasteiger partial charge on any atom is 0.0434 e. The number of aliphatic hydroxyl groups is 1. The molecule has 2 N–H and O–H groups in total. The number of rotatable bonds is 10. The lowest BCUT2D eigenvalue weighted by Crippen LogP contribution is -2.28. The third-order valence-electron chi connectivity index (χ3n) is 3.74. The highest BCUT2D eigenvalue weighted by Gasteiger charge is 2.13. The van der Waals surface area contributed by atoms with Crippen LogP contribution in [-0.4, -0.2) is 18.3 Å². The molecule has 2 unspecified atom stereocenters. The topological polar surface area (TPSA) is 32.3 Å². The van der Waals surface area contributed by atoms with Crippen LogP contribution < -0.4 is 5.32 Å². The highest BCUT2D eigenvalue weighted by Crippen LogP contribution is 2.21. The number of halogens is 1. The molecule has 20 heavy (non-hydrogen) atoms. The Hall–Kier alpha value is -0.570. The molecule has 114 valence electrons. The van der Waals surface area contributed by atoms with Gasteiger partial charge in [0.05, 0.1) is 0 Å². The third-order valence-corrected chi connectivity index (χ3v) is 3.99. The van der Waals surface area contributed by atoms with Crippen molar-refractivity contribution < 1.29 is 5.11 Å². The molecule has 0 saturated heterocycles. The molecule has 0 spiro atoms. The standard InChI is InChI=1S/C17H28ClNO/c1-3-5-14(11-12-20)13-19-17(6-4-2)15-7-9-16(18)10-8-15/h7-10,14,17,19-20H,3-6,11-13H2,1-2H3. The minimum Gasteiger partial charge on any atom is -0.396 e. The first-order valence-corrected chi connectivity index (χ1v) is 8.18. The van der Waals surface area contributed by atoms with Crippen molar-refractivity contribution in [3.05, 3.63) is 34.9 Å². The zero-order chi connectivity index (χ0) is 14.8. The zero-order valence-corrected chi connectivity index (χ0v) is 13.5. The second-order valence-corrected chi connectivity index (χ2v) is 5.90. The van der Waals surface area contributed by atoms with Crippen LogP contribution in [0.3, 0.4) is 0 Å². The average molecular weight is 298 g/mol. The minimum atomic E-state index is 0.283. The van der Waals surface area contributed by atoms with E-state index in [2.05, 4.69) is 31.3 Å². The van der Waals surface area contributed by atoms with Crippen LogP contribution in [0.1, 0.15) is 57.6 Å². The Morgan fingerprint density at radius 1 is 1.05 bits per heavy atom. The Morgan fingerprint density at radius 2 is 1.70 bits per heavy atom. The summed E-state index contributed by atoms with van der Waals surface area (Å²) in [6.07, 6.45) is 5.51. The van der Waals surface area contributed by atoms with Gasteiger partial charge in [0, 0.05) is 17.7 Å². The smallest absolute Gasteiger partial charge is 0.0434 e. The molecule has 1 aromatic rings. The summed E-state index contributed by atoms with van der Waals surface area (Å²) in [4.78, 5) is 0. The molecular weight excluding hydrogens is 270 g/mol. The third kappa shape index (κ3) is 6.25. The summed E-state index contributed by atoms with van der Waals surface area (Å²) in [7, 11) is 0. The fourth-order valence-corrected chi connectivity index (χ4v) is 2.74. The van der Waals surface area contributed by atoms with Gasteiger partial charge in [0.2, 0.25) is 0 Å². The summed E-state index contributed by atoms with van der Waals surface area (Å²) in [6, 6.07) is 8.51. The number of nitrogens with one attached hydrogen (secondary N) is 1. The van der Waals surface area contributed by atoms with E-state index < -0.39 is 0 Å². The number of benzene rings is 1. The molecule has 0 saturated carbocycles. The van der Waals surface area contributed by atoms with Crippen LogP contribution in [0.2, 0.25) is 5.02 Å². The van der Waals surface area contributed by atoms with Crippen LogP contribution in [0.25, 0.3) is 0 Å². The molecule has 0 aliphatic carbocycles. The number of hydrogen-bond acceptors (Lipinski definition) is 2. The molecule has 1 rings (SSSR count). The summed E-state index contributed by atoms with van der Waals surface area (Å²) in [6.45, 7) is 5.67. The molecule has 2 atom stereocenters. The average Bonchev–Trinajstić information content (AvgIpc) is 2.45. The van der Waals surface area contributed by atoms with Crippen LogP contribution in [0, 0.1) is 5.92 Å². The van der Waals surface area contributed by atoms with Gasteiger partial charge in [-0.3, -0.25) is 0 Å². The maximum absolute atomic E-state index is 9.14. The quantitative estimate of drug-likeness (QED) is 0.663. The minimum absolute atomic E-state index is 0.283. The highest BCUT2D eigenvalue weighted by atomic mass is 35.5. The Balaban J connectivity index is 2.59. The Morgan fingerprint density at radius 3 is 2.25 bits per heavy atom. The normalized spacial score (nSPS) is 14.2. The Kier molecular flexibility index (Phi) is 8.92. The lowest BCUT2D eigenvalue weighted by Gasteiger charge is -2.23. The second kappa shape index (κ2) is 10.2.